The molecule has 1 fully saturated rings. The minimum atomic E-state index is -4.84. The van der Waals surface area contributed by atoms with Crippen LogP contribution in [0.1, 0.15) is 16.5 Å². The molecule has 10 heteroatoms. The molecule has 1 aliphatic heterocycles. The highest BCUT2D eigenvalue weighted by Crippen LogP contribution is 2.42. The molecule has 3 rings (SSSR count). The lowest BCUT2D eigenvalue weighted by atomic mass is 10.0. The van der Waals surface area contributed by atoms with Gasteiger partial charge in [-0.3, -0.25) is 4.90 Å². The van der Waals surface area contributed by atoms with Crippen molar-refractivity contribution in [3.8, 4) is 11.5 Å². The number of halogens is 5. The monoisotopic (exact) mass is 430 g/mol. The summed E-state index contributed by atoms with van der Waals surface area (Å²) >= 11 is 1.51. The van der Waals surface area contributed by atoms with Crippen molar-refractivity contribution in [3.63, 3.8) is 0 Å². The van der Waals surface area contributed by atoms with Gasteiger partial charge in [0.1, 0.15) is 0 Å². The van der Waals surface area contributed by atoms with Gasteiger partial charge in [0, 0.05) is 36.6 Å². The Labute approximate surface area is 165 Å². The molecule has 1 aliphatic rings. The van der Waals surface area contributed by atoms with Crippen molar-refractivity contribution in [3.05, 3.63) is 46.2 Å². The van der Waals surface area contributed by atoms with Crippen LogP contribution in [0.4, 0.5) is 13.2 Å². The molecule has 26 heavy (non-hydrogen) atoms. The Kier molecular flexibility index (Phi) is 8.49. The minimum Gasteiger partial charge on any atom is -0.504 e. The van der Waals surface area contributed by atoms with Gasteiger partial charge in [-0.25, -0.2) is 0 Å². The zero-order valence-corrected chi connectivity index (χ0v) is 16.0. The first-order chi connectivity index (χ1) is 11.5. The number of phenolic OH excluding ortho intramolecular Hbond substituents is 1. The van der Waals surface area contributed by atoms with E-state index in [0.29, 0.717) is 5.56 Å². The summed E-state index contributed by atoms with van der Waals surface area (Å²) in [6, 6.07) is 7.75. The van der Waals surface area contributed by atoms with Crippen LogP contribution in [-0.2, 0) is 0 Å². The zero-order chi connectivity index (χ0) is 17.2. The Morgan fingerprint density at radius 3 is 2.38 bits per heavy atom. The molecule has 2 N–H and O–H groups in total. The van der Waals surface area contributed by atoms with Crippen molar-refractivity contribution < 1.29 is 23.0 Å². The molecule has 1 aromatic carbocycles. The summed E-state index contributed by atoms with van der Waals surface area (Å²) in [4.78, 5) is 3.12. The molecule has 0 aliphatic carbocycles. The highest BCUT2D eigenvalue weighted by Gasteiger charge is 2.34. The predicted octanol–water partition coefficient (Wildman–Crippen LogP) is 4.19. The van der Waals surface area contributed by atoms with Gasteiger partial charge < -0.3 is 15.2 Å². The molecule has 0 unspecified atom stereocenters. The van der Waals surface area contributed by atoms with Crippen molar-refractivity contribution in [2.75, 3.05) is 26.2 Å². The number of aromatic hydroxyl groups is 1. The van der Waals surface area contributed by atoms with Crippen molar-refractivity contribution in [1.29, 1.82) is 0 Å². The average molecular weight is 431 g/mol. The second kappa shape index (κ2) is 9.66. The van der Waals surface area contributed by atoms with Crippen LogP contribution < -0.4 is 10.1 Å². The molecule has 0 amide bonds. The second-order valence-electron chi connectivity index (χ2n) is 5.45. The van der Waals surface area contributed by atoms with Gasteiger partial charge in [-0.05, 0) is 17.5 Å². The van der Waals surface area contributed by atoms with Crippen LogP contribution in [0.25, 0.3) is 0 Å². The number of phenols is 1. The zero-order valence-electron chi connectivity index (χ0n) is 13.5. The number of thiophene rings is 1. The Balaban J connectivity index is 0.00000169. The van der Waals surface area contributed by atoms with Crippen LogP contribution in [0.5, 0.6) is 11.5 Å². The molecule has 2 aromatic rings. The number of para-hydroxylation sites is 1. The van der Waals surface area contributed by atoms with Gasteiger partial charge in [-0.1, -0.05) is 18.2 Å². The fourth-order valence-electron chi connectivity index (χ4n) is 2.88. The molecule has 146 valence electrons. The number of nitrogens with zero attached hydrogens (tertiary/aromatic N) is 1. The molecule has 1 aromatic heterocycles. The van der Waals surface area contributed by atoms with Crippen molar-refractivity contribution in [2.45, 2.75) is 12.4 Å². The smallest absolute Gasteiger partial charge is 0.504 e. The van der Waals surface area contributed by atoms with E-state index in [0.717, 1.165) is 37.1 Å². The Morgan fingerprint density at radius 1 is 1.12 bits per heavy atom. The highest BCUT2D eigenvalue weighted by molar-refractivity contribution is 7.10. The standard InChI is InChI=1S/C16H17F3N2O2S.2ClH/c17-16(18,19)23-12-4-1-3-11(15(12)22)14(13-5-2-10-24-13)21-8-6-20-7-9-21;;/h1-5,10,14,20,22H,6-9H2;2*1H/t14-;;/m0../s1. The average Bonchev–Trinajstić information content (AvgIpc) is 3.05. The molecule has 2 heterocycles. The van der Waals surface area contributed by atoms with E-state index < -0.39 is 17.9 Å². The van der Waals surface area contributed by atoms with Gasteiger partial charge in [0.15, 0.2) is 11.5 Å². The maximum absolute atomic E-state index is 12.5. The lowest BCUT2D eigenvalue weighted by molar-refractivity contribution is -0.275. The predicted molar refractivity (Wildman–Crippen MR) is 99.9 cm³/mol. The minimum absolute atomic E-state index is 0. The second-order valence-corrected chi connectivity index (χ2v) is 6.42. The topological polar surface area (TPSA) is 44.7 Å². The third-order valence-electron chi connectivity index (χ3n) is 3.88. The fourth-order valence-corrected chi connectivity index (χ4v) is 3.76. The van der Waals surface area contributed by atoms with E-state index in [1.54, 1.807) is 6.07 Å². The first-order valence-electron chi connectivity index (χ1n) is 7.51. The number of hydrogen-bond acceptors (Lipinski definition) is 5. The van der Waals surface area contributed by atoms with Crippen LogP contribution in [0.15, 0.2) is 35.7 Å². The molecule has 0 spiro atoms. The van der Waals surface area contributed by atoms with Crippen LogP contribution in [0, 0.1) is 0 Å². The number of ether oxygens (including phenoxy) is 1. The summed E-state index contributed by atoms with van der Waals surface area (Å²) in [5.41, 5.74) is 0.418. The highest BCUT2D eigenvalue weighted by atomic mass is 35.5. The van der Waals surface area contributed by atoms with Crippen molar-refractivity contribution in [1.82, 2.24) is 10.2 Å². The van der Waals surface area contributed by atoms with E-state index in [4.69, 9.17) is 0 Å². The van der Waals surface area contributed by atoms with Crippen LogP contribution in [-0.4, -0.2) is 42.5 Å². The van der Waals surface area contributed by atoms with Crippen molar-refractivity contribution in [2.24, 2.45) is 0 Å². The summed E-state index contributed by atoms with van der Waals surface area (Å²) in [7, 11) is 0. The van der Waals surface area contributed by atoms with E-state index in [-0.39, 0.29) is 30.9 Å². The van der Waals surface area contributed by atoms with Gasteiger partial charge >= 0.3 is 6.36 Å². The molecule has 0 radical (unpaired) electrons. The fraction of sp³-hybridized carbons (Fsp3) is 0.375. The number of hydrogen-bond donors (Lipinski definition) is 2. The largest absolute Gasteiger partial charge is 0.573 e. The molecular formula is C16H19Cl2F3N2O2S. The number of rotatable bonds is 4. The summed E-state index contributed by atoms with van der Waals surface area (Å²) in [5, 5.41) is 15.6. The summed E-state index contributed by atoms with van der Waals surface area (Å²) < 4.78 is 41.5. The van der Waals surface area contributed by atoms with Crippen LogP contribution in [0.3, 0.4) is 0 Å². The van der Waals surface area contributed by atoms with E-state index in [1.165, 1.54) is 17.4 Å². The third-order valence-corrected chi connectivity index (χ3v) is 4.80. The Hall–Kier alpha value is -1.19. The van der Waals surface area contributed by atoms with E-state index in [1.807, 2.05) is 17.5 Å². The van der Waals surface area contributed by atoms with Gasteiger partial charge in [-0.15, -0.1) is 49.3 Å². The van der Waals surface area contributed by atoms with Gasteiger partial charge in [0.2, 0.25) is 0 Å². The Morgan fingerprint density at radius 2 is 1.81 bits per heavy atom. The molecule has 1 atom stereocenters. The lowest BCUT2D eigenvalue weighted by Gasteiger charge is -2.35. The molecule has 4 nitrogen and oxygen atoms in total. The normalized spacial score (nSPS) is 16.3. The molecule has 0 saturated carbocycles. The van der Waals surface area contributed by atoms with Crippen molar-refractivity contribution >= 4 is 36.2 Å². The van der Waals surface area contributed by atoms with Gasteiger partial charge in [0.05, 0.1) is 6.04 Å². The SMILES string of the molecule is Cl.Cl.Oc1c(OC(F)(F)F)cccc1[C@@H](c1cccs1)N1CCNCC1. The van der Waals surface area contributed by atoms with E-state index in [9.17, 15) is 18.3 Å². The first kappa shape index (κ1) is 22.9. The third kappa shape index (κ3) is 5.40. The van der Waals surface area contributed by atoms with E-state index in [2.05, 4.69) is 15.0 Å². The summed E-state index contributed by atoms with van der Waals surface area (Å²) in [6.07, 6.45) is -4.84. The maximum atomic E-state index is 12.5. The molecule has 1 saturated heterocycles. The molecule has 0 bridgehead atoms. The number of benzene rings is 1. The van der Waals surface area contributed by atoms with Crippen LogP contribution >= 0.6 is 36.2 Å². The summed E-state index contributed by atoms with van der Waals surface area (Å²) in [6.45, 7) is 3.07. The lowest BCUT2D eigenvalue weighted by Crippen LogP contribution is -2.45. The molecular weight excluding hydrogens is 412 g/mol. The van der Waals surface area contributed by atoms with E-state index >= 15 is 0 Å². The Bertz CT molecular complexity index is 681. The quantitative estimate of drug-likeness (QED) is 0.762. The maximum Gasteiger partial charge on any atom is 0.573 e. The van der Waals surface area contributed by atoms with Crippen LogP contribution in [0.2, 0.25) is 0 Å². The van der Waals surface area contributed by atoms with Gasteiger partial charge in [-0.2, -0.15) is 0 Å². The summed E-state index contributed by atoms with van der Waals surface area (Å²) in [5.74, 6) is -1.04. The number of piperazine rings is 1. The number of nitrogens with one attached hydrogen (secondary N) is 1. The van der Waals surface area contributed by atoms with Gasteiger partial charge in [0.25, 0.3) is 0 Å². The first-order valence-corrected chi connectivity index (χ1v) is 8.39. The number of alkyl halides is 3.